The summed E-state index contributed by atoms with van der Waals surface area (Å²) in [6.07, 6.45) is 2.09. The molecule has 0 aliphatic rings. The number of hydrogen-bond acceptors (Lipinski definition) is 5. The van der Waals surface area contributed by atoms with Crippen LogP contribution in [0.1, 0.15) is 18.9 Å². The fourth-order valence-corrected chi connectivity index (χ4v) is 3.36. The minimum atomic E-state index is -3.61. The SMILES string of the molecule is CCN(CCCN(C)C)S(=O)(=O)c1[nH]ncc1CO. The Morgan fingerprint density at radius 3 is 2.58 bits per heavy atom. The van der Waals surface area contributed by atoms with Crippen LogP contribution < -0.4 is 0 Å². The Labute approximate surface area is 114 Å². The second-order valence-electron chi connectivity index (χ2n) is 4.54. The van der Waals surface area contributed by atoms with Crippen molar-refractivity contribution in [1.29, 1.82) is 0 Å². The van der Waals surface area contributed by atoms with Gasteiger partial charge in [-0.25, -0.2) is 8.42 Å². The van der Waals surface area contributed by atoms with E-state index in [1.165, 1.54) is 10.5 Å². The maximum absolute atomic E-state index is 12.4. The maximum Gasteiger partial charge on any atom is 0.260 e. The molecule has 0 bridgehead atoms. The normalized spacial score (nSPS) is 12.5. The minimum absolute atomic E-state index is 0.0123. The smallest absolute Gasteiger partial charge is 0.260 e. The first-order chi connectivity index (χ1) is 8.93. The topological polar surface area (TPSA) is 89.5 Å². The Hall–Kier alpha value is -0.960. The van der Waals surface area contributed by atoms with Crippen molar-refractivity contribution in [2.24, 2.45) is 0 Å². The number of H-pyrrole nitrogens is 1. The molecule has 7 nitrogen and oxygen atoms in total. The molecule has 1 aromatic rings. The number of nitrogens with one attached hydrogen (secondary N) is 1. The highest BCUT2D eigenvalue weighted by molar-refractivity contribution is 7.89. The van der Waals surface area contributed by atoms with E-state index in [1.54, 1.807) is 6.92 Å². The second-order valence-corrected chi connectivity index (χ2v) is 6.41. The second kappa shape index (κ2) is 6.99. The van der Waals surface area contributed by atoms with Crippen molar-refractivity contribution < 1.29 is 13.5 Å². The van der Waals surface area contributed by atoms with E-state index < -0.39 is 10.0 Å². The Morgan fingerprint density at radius 1 is 1.37 bits per heavy atom. The van der Waals surface area contributed by atoms with Crippen LogP contribution >= 0.6 is 0 Å². The van der Waals surface area contributed by atoms with Crippen molar-refractivity contribution in [1.82, 2.24) is 19.4 Å². The summed E-state index contributed by atoms with van der Waals surface area (Å²) in [6, 6.07) is 0. The molecule has 110 valence electrons. The largest absolute Gasteiger partial charge is 0.392 e. The van der Waals surface area contributed by atoms with Crippen LogP contribution in [0.25, 0.3) is 0 Å². The summed E-state index contributed by atoms with van der Waals surface area (Å²) in [5.74, 6) is 0. The van der Waals surface area contributed by atoms with Crippen molar-refractivity contribution in [3.63, 3.8) is 0 Å². The molecule has 0 aromatic carbocycles. The monoisotopic (exact) mass is 290 g/mol. The molecule has 0 spiro atoms. The number of aromatic nitrogens is 2. The van der Waals surface area contributed by atoms with Gasteiger partial charge in [-0.05, 0) is 27.1 Å². The zero-order valence-electron chi connectivity index (χ0n) is 11.6. The summed E-state index contributed by atoms with van der Waals surface area (Å²) in [5.41, 5.74) is 0.297. The van der Waals surface area contributed by atoms with E-state index in [4.69, 9.17) is 5.11 Å². The molecule has 0 aliphatic carbocycles. The lowest BCUT2D eigenvalue weighted by Gasteiger charge is -2.21. The zero-order valence-corrected chi connectivity index (χ0v) is 12.4. The Bertz CT molecular complexity index is 484. The summed E-state index contributed by atoms with van der Waals surface area (Å²) >= 11 is 0. The van der Waals surface area contributed by atoms with Crippen LogP contribution in [0.15, 0.2) is 11.2 Å². The number of aromatic amines is 1. The lowest BCUT2D eigenvalue weighted by atomic mass is 10.4. The summed E-state index contributed by atoms with van der Waals surface area (Å²) < 4.78 is 26.2. The first kappa shape index (κ1) is 16.1. The van der Waals surface area contributed by atoms with Crippen molar-refractivity contribution in [2.75, 3.05) is 33.7 Å². The van der Waals surface area contributed by atoms with E-state index in [2.05, 4.69) is 10.2 Å². The number of nitrogens with zero attached hydrogens (tertiary/aromatic N) is 3. The average molecular weight is 290 g/mol. The van der Waals surface area contributed by atoms with Crippen molar-refractivity contribution in [3.8, 4) is 0 Å². The molecule has 1 aromatic heterocycles. The standard InChI is InChI=1S/C11H22N4O3S/c1-4-15(7-5-6-14(2)3)19(17,18)11-10(9-16)8-12-13-11/h8,16H,4-7,9H2,1-3H3,(H,12,13). The number of aliphatic hydroxyl groups is 1. The Kier molecular flexibility index (Phi) is 5.92. The summed E-state index contributed by atoms with van der Waals surface area (Å²) in [4.78, 5) is 2.01. The highest BCUT2D eigenvalue weighted by atomic mass is 32.2. The van der Waals surface area contributed by atoms with Gasteiger partial charge in [0, 0.05) is 18.7 Å². The predicted octanol–water partition coefficient (Wildman–Crippen LogP) is -0.136. The first-order valence-electron chi connectivity index (χ1n) is 6.21. The third kappa shape index (κ3) is 4.00. The number of hydrogen-bond donors (Lipinski definition) is 2. The fraction of sp³-hybridized carbons (Fsp3) is 0.727. The molecule has 0 unspecified atom stereocenters. The highest BCUT2D eigenvalue weighted by Crippen LogP contribution is 2.17. The molecule has 8 heteroatoms. The Morgan fingerprint density at radius 2 is 2.05 bits per heavy atom. The van der Waals surface area contributed by atoms with Gasteiger partial charge in [0.2, 0.25) is 0 Å². The van der Waals surface area contributed by atoms with Crippen LogP contribution in [0, 0.1) is 0 Å². The molecule has 0 saturated heterocycles. The third-order valence-corrected chi connectivity index (χ3v) is 4.80. The molecular weight excluding hydrogens is 268 g/mol. The van der Waals surface area contributed by atoms with Gasteiger partial charge in [-0.15, -0.1) is 0 Å². The lowest BCUT2D eigenvalue weighted by Crippen LogP contribution is -2.34. The maximum atomic E-state index is 12.4. The van der Waals surface area contributed by atoms with E-state index in [-0.39, 0.29) is 11.6 Å². The molecular formula is C11H22N4O3S. The molecule has 0 atom stereocenters. The van der Waals surface area contributed by atoms with Crippen LogP contribution in [0.5, 0.6) is 0 Å². The van der Waals surface area contributed by atoms with E-state index in [0.717, 1.165) is 13.0 Å². The van der Waals surface area contributed by atoms with Crippen LogP contribution in [-0.2, 0) is 16.6 Å². The van der Waals surface area contributed by atoms with Gasteiger partial charge in [0.1, 0.15) is 0 Å². The van der Waals surface area contributed by atoms with E-state index >= 15 is 0 Å². The van der Waals surface area contributed by atoms with Gasteiger partial charge in [-0.3, -0.25) is 5.10 Å². The average Bonchev–Trinajstić information content (AvgIpc) is 2.82. The van der Waals surface area contributed by atoms with Gasteiger partial charge < -0.3 is 10.0 Å². The van der Waals surface area contributed by atoms with Gasteiger partial charge in [0.25, 0.3) is 10.0 Å². The van der Waals surface area contributed by atoms with Gasteiger partial charge in [-0.2, -0.15) is 9.40 Å². The van der Waals surface area contributed by atoms with Gasteiger partial charge in [-0.1, -0.05) is 6.92 Å². The molecule has 1 heterocycles. The molecule has 0 aliphatic heterocycles. The fourth-order valence-electron chi connectivity index (χ4n) is 1.78. The Balaban J connectivity index is 2.84. The van der Waals surface area contributed by atoms with Crippen LogP contribution in [-0.4, -0.2) is 66.7 Å². The molecule has 0 saturated carbocycles. The first-order valence-corrected chi connectivity index (χ1v) is 7.65. The predicted molar refractivity (Wildman–Crippen MR) is 72.1 cm³/mol. The zero-order chi connectivity index (χ0) is 14.5. The number of sulfonamides is 1. The highest BCUT2D eigenvalue weighted by Gasteiger charge is 2.27. The van der Waals surface area contributed by atoms with Gasteiger partial charge in [0.15, 0.2) is 5.03 Å². The molecule has 0 amide bonds. The van der Waals surface area contributed by atoms with Crippen LogP contribution in [0.4, 0.5) is 0 Å². The molecule has 0 radical (unpaired) electrons. The van der Waals surface area contributed by atoms with Gasteiger partial charge >= 0.3 is 0 Å². The minimum Gasteiger partial charge on any atom is -0.392 e. The van der Waals surface area contributed by atoms with E-state index in [0.29, 0.717) is 18.7 Å². The molecule has 1 rings (SSSR count). The van der Waals surface area contributed by atoms with E-state index in [9.17, 15) is 8.42 Å². The van der Waals surface area contributed by atoms with Crippen LogP contribution in [0.3, 0.4) is 0 Å². The summed E-state index contributed by atoms with van der Waals surface area (Å²) in [5, 5.41) is 15.3. The third-order valence-electron chi connectivity index (χ3n) is 2.81. The van der Waals surface area contributed by atoms with Crippen LogP contribution in [0.2, 0.25) is 0 Å². The van der Waals surface area contributed by atoms with Crippen molar-refractivity contribution >= 4 is 10.0 Å². The number of rotatable bonds is 8. The van der Waals surface area contributed by atoms with Crippen molar-refractivity contribution in [3.05, 3.63) is 11.8 Å². The molecule has 0 fully saturated rings. The quantitative estimate of drug-likeness (QED) is 0.696. The van der Waals surface area contributed by atoms with Gasteiger partial charge in [0.05, 0.1) is 12.8 Å². The summed E-state index contributed by atoms with van der Waals surface area (Å²) in [6.45, 7) is 3.10. The summed E-state index contributed by atoms with van der Waals surface area (Å²) in [7, 11) is 0.284. The van der Waals surface area contributed by atoms with E-state index in [1.807, 2.05) is 19.0 Å². The lowest BCUT2D eigenvalue weighted by molar-refractivity contribution is 0.278. The molecule has 19 heavy (non-hydrogen) atoms. The van der Waals surface area contributed by atoms with Crippen molar-refractivity contribution in [2.45, 2.75) is 25.0 Å². The molecule has 2 N–H and O–H groups in total. The number of aliphatic hydroxyl groups excluding tert-OH is 1.